The van der Waals surface area contributed by atoms with E-state index in [1.807, 2.05) is 78.9 Å². The molecule has 0 aliphatic heterocycles. The highest BCUT2D eigenvalue weighted by molar-refractivity contribution is 6.30. The first-order chi connectivity index (χ1) is 15.7. The third-order valence-corrected chi connectivity index (χ3v) is 5.47. The van der Waals surface area contributed by atoms with Crippen molar-refractivity contribution in [3.63, 3.8) is 0 Å². The Morgan fingerprint density at radius 3 is 2.59 bits per heavy atom. The van der Waals surface area contributed by atoms with Crippen LogP contribution in [0, 0.1) is 11.3 Å². The Hall–Kier alpha value is -4.07. The average molecular weight is 437 g/mol. The third kappa shape index (κ3) is 4.07. The van der Waals surface area contributed by atoms with Gasteiger partial charge in [-0.25, -0.2) is 4.98 Å². The lowest BCUT2D eigenvalue weighted by atomic mass is 9.97. The molecule has 4 nitrogen and oxygen atoms in total. The molecule has 2 heterocycles. The van der Waals surface area contributed by atoms with Crippen molar-refractivity contribution >= 4 is 22.4 Å². The summed E-state index contributed by atoms with van der Waals surface area (Å²) in [6, 6.07) is 27.2. The fraction of sp³-hybridized carbons (Fsp3) is 0.0370. The number of aromatic nitrogens is 1. The first kappa shape index (κ1) is 19.9. The van der Waals surface area contributed by atoms with E-state index >= 15 is 0 Å². The summed E-state index contributed by atoms with van der Waals surface area (Å²) < 4.78 is 11.3. The molecule has 0 amide bonds. The minimum atomic E-state index is 0.333. The SMILES string of the molecule is N#Cc1cc(-c2ccoc2)c2ccc(OCc3cccc(-c4ccc(Cl)cc4)n3)cc2c1. The summed E-state index contributed by atoms with van der Waals surface area (Å²) in [6.45, 7) is 0.333. The molecule has 0 bridgehead atoms. The van der Waals surface area contributed by atoms with Gasteiger partial charge in [-0.05, 0) is 70.9 Å². The maximum atomic E-state index is 9.46. The molecule has 3 aromatic carbocycles. The molecule has 0 fully saturated rings. The van der Waals surface area contributed by atoms with Gasteiger partial charge < -0.3 is 9.15 Å². The van der Waals surface area contributed by atoms with Crippen LogP contribution in [0.25, 0.3) is 33.2 Å². The van der Waals surface area contributed by atoms with Gasteiger partial charge in [0.25, 0.3) is 0 Å². The number of hydrogen-bond acceptors (Lipinski definition) is 4. The Balaban J connectivity index is 1.41. The Morgan fingerprint density at radius 2 is 1.81 bits per heavy atom. The lowest BCUT2D eigenvalue weighted by molar-refractivity contribution is 0.302. The average Bonchev–Trinajstić information content (AvgIpc) is 3.37. The predicted octanol–water partition coefficient (Wildman–Crippen LogP) is 7.27. The van der Waals surface area contributed by atoms with E-state index in [0.717, 1.165) is 38.9 Å². The minimum absolute atomic E-state index is 0.333. The van der Waals surface area contributed by atoms with E-state index in [1.165, 1.54) is 0 Å². The zero-order valence-corrected chi connectivity index (χ0v) is 17.7. The van der Waals surface area contributed by atoms with E-state index in [1.54, 1.807) is 12.5 Å². The molecular weight excluding hydrogens is 420 g/mol. The summed E-state index contributed by atoms with van der Waals surface area (Å²) in [4.78, 5) is 4.70. The van der Waals surface area contributed by atoms with Gasteiger partial charge in [0.2, 0.25) is 0 Å². The van der Waals surface area contributed by atoms with Gasteiger partial charge in [0, 0.05) is 16.1 Å². The molecule has 0 atom stereocenters. The Bertz CT molecular complexity index is 1440. The van der Waals surface area contributed by atoms with Crippen LogP contribution in [0.2, 0.25) is 5.02 Å². The maximum absolute atomic E-state index is 9.46. The highest BCUT2D eigenvalue weighted by atomic mass is 35.5. The molecule has 0 unspecified atom stereocenters. The van der Waals surface area contributed by atoms with Gasteiger partial charge in [0.05, 0.1) is 35.5 Å². The van der Waals surface area contributed by atoms with E-state index in [9.17, 15) is 5.26 Å². The third-order valence-electron chi connectivity index (χ3n) is 5.22. The number of nitrogens with zero attached hydrogens (tertiary/aromatic N) is 2. The van der Waals surface area contributed by atoms with E-state index in [4.69, 9.17) is 25.7 Å². The fourth-order valence-corrected chi connectivity index (χ4v) is 3.78. The second-order valence-corrected chi connectivity index (χ2v) is 7.78. The predicted molar refractivity (Wildman–Crippen MR) is 125 cm³/mol. The van der Waals surface area contributed by atoms with Crippen LogP contribution in [0.15, 0.2) is 95.8 Å². The number of ether oxygens (including phenoxy) is 1. The second-order valence-electron chi connectivity index (χ2n) is 7.34. The quantitative estimate of drug-likeness (QED) is 0.290. The Morgan fingerprint density at radius 1 is 0.938 bits per heavy atom. The molecule has 0 saturated heterocycles. The van der Waals surface area contributed by atoms with Crippen LogP contribution in [0.1, 0.15) is 11.3 Å². The molecule has 5 rings (SSSR count). The molecule has 0 aliphatic carbocycles. The molecule has 0 radical (unpaired) electrons. The number of furan rings is 1. The molecule has 5 aromatic rings. The van der Waals surface area contributed by atoms with E-state index in [0.29, 0.717) is 22.9 Å². The molecule has 32 heavy (non-hydrogen) atoms. The number of nitriles is 1. The molecule has 154 valence electrons. The molecule has 0 N–H and O–H groups in total. The Labute approximate surface area is 190 Å². The van der Waals surface area contributed by atoms with Crippen molar-refractivity contribution in [2.75, 3.05) is 0 Å². The molecular formula is C27H17ClN2O2. The molecule has 0 saturated carbocycles. The highest BCUT2D eigenvalue weighted by Gasteiger charge is 2.10. The van der Waals surface area contributed by atoms with Gasteiger partial charge in [-0.3, -0.25) is 0 Å². The summed E-state index contributed by atoms with van der Waals surface area (Å²) in [6.07, 6.45) is 3.31. The lowest BCUT2D eigenvalue weighted by Gasteiger charge is -2.11. The van der Waals surface area contributed by atoms with Crippen LogP contribution in [0.4, 0.5) is 0 Å². The van der Waals surface area contributed by atoms with Crippen LogP contribution in [-0.2, 0) is 6.61 Å². The Kier molecular flexibility index (Phi) is 5.33. The van der Waals surface area contributed by atoms with Crippen molar-refractivity contribution in [2.45, 2.75) is 6.61 Å². The van der Waals surface area contributed by atoms with Crippen LogP contribution in [0.3, 0.4) is 0 Å². The molecule has 0 spiro atoms. The molecule has 2 aromatic heterocycles. The van der Waals surface area contributed by atoms with Crippen LogP contribution in [-0.4, -0.2) is 4.98 Å². The van der Waals surface area contributed by atoms with E-state index in [-0.39, 0.29) is 0 Å². The van der Waals surface area contributed by atoms with E-state index in [2.05, 4.69) is 6.07 Å². The maximum Gasteiger partial charge on any atom is 0.130 e. The number of halogens is 1. The zero-order chi connectivity index (χ0) is 21.9. The topological polar surface area (TPSA) is 59.0 Å². The minimum Gasteiger partial charge on any atom is -0.487 e. The number of rotatable bonds is 5. The van der Waals surface area contributed by atoms with Gasteiger partial charge in [-0.1, -0.05) is 35.9 Å². The van der Waals surface area contributed by atoms with Crippen molar-refractivity contribution in [1.82, 2.24) is 4.98 Å². The van der Waals surface area contributed by atoms with Crippen molar-refractivity contribution in [3.8, 4) is 34.2 Å². The van der Waals surface area contributed by atoms with Gasteiger partial charge in [0.15, 0.2) is 0 Å². The second kappa shape index (κ2) is 8.58. The molecule has 5 heteroatoms. The van der Waals surface area contributed by atoms with Crippen molar-refractivity contribution in [1.29, 1.82) is 5.26 Å². The van der Waals surface area contributed by atoms with Gasteiger partial charge in [-0.15, -0.1) is 0 Å². The van der Waals surface area contributed by atoms with Crippen LogP contribution < -0.4 is 4.74 Å². The van der Waals surface area contributed by atoms with Gasteiger partial charge in [-0.2, -0.15) is 5.26 Å². The fourth-order valence-electron chi connectivity index (χ4n) is 3.66. The summed E-state index contributed by atoms with van der Waals surface area (Å²) in [5.41, 5.74) is 5.16. The van der Waals surface area contributed by atoms with E-state index < -0.39 is 0 Å². The monoisotopic (exact) mass is 436 g/mol. The summed E-state index contributed by atoms with van der Waals surface area (Å²) in [7, 11) is 0. The lowest BCUT2D eigenvalue weighted by Crippen LogP contribution is -1.99. The summed E-state index contributed by atoms with van der Waals surface area (Å²) >= 11 is 5.98. The first-order valence-corrected chi connectivity index (χ1v) is 10.4. The smallest absolute Gasteiger partial charge is 0.130 e. The van der Waals surface area contributed by atoms with Crippen molar-refractivity contribution in [3.05, 3.63) is 108 Å². The number of pyridine rings is 1. The standard InChI is InChI=1S/C27H17ClN2O2/c28-22-6-4-19(5-7-22)27-3-1-2-23(30-27)17-32-24-8-9-25-21(14-24)12-18(15-29)13-26(25)20-10-11-31-16-20/h1-14,16H,17H2. The normalized spacial score (nSPS) is 10.8. The number of hydrogen-bond donors (Lipinski definition) is 0. The van der Waals surface area contributed by atoms with Crippen LogP contribution >= 0.6 is 11.6 Å². The number of fused-ring (bicyclic) bond motifs is 1. The zero-order valence-electron chi connectivity index (χ0n) is 17.0. The summed E-state index contributed by atoms with van der Waals surface area (Å²) in [5.74, 6) is 0.712. The largest absolute Gasteiger partial charge is 0.487 e. The van der Waals surface area contributed by atoms with Crippen LogP contribution in [0.5, 0.6) is 5.75 Å². The first-order valence-electron chi connectivity index (χ1n) is 10.0. The van der Waals surface area contributed by atoms with Gasteiger partial charge in [0.1, 0.15) is 12.4 Å². The van der Waals surface area contributed by atoms with Crippen molar-refractivity contribution < 1.29 is 9.15 Å². The molecule has 0 aliphatic rings. The van der Waals surface area contributed by atoms with Crippen molar-refractivity contribution in [2.24, 2.45) is 0 Å². The number of benzene rings is 3. The van der Waals surface area contributed by atoms with Gasteiger partial charge >= 0.3 is 0 Å². The summed E-state index contributed by atoms with van der Waals surface area (Å²) in [5, 5.41) is 12.1. The highest BCUT2D eigenvalue weighted by Crippen LogP contribution is 2.33.